The molecule has 2 aromatic carbocycles. The van der Waals surface area contributed by atoms with Crippen LogP contribution < -0.4 is 10.1 Å². The van der Waals surface area contributed by atoms with Gasteiger partial charge in [0.05, 0.1) is 18.6 Å². The van der Waals surface area contributed by atoms with Crippen LogP contribution in [0.5, 0.6) is 5.75 Å². The number of ether oxygens (including phenoxy) is 1. The van der Waals surface area contributed by atoms with Crippen LogP contribution >= 0.6 is 27.5 Å². The predicted octanol–water partition coefficient (Wildman–Crippen LogP) is 5.08. The number of hydrogen-bond donors (Lipinski definition) is 1. The number of nitrogens with one attached hydrogen (secondary N) is 1. The van der Waals surface area contributed by atoms with Crippen molar-refractivity contribution < 1.29 is 18.2 Å². The Labute approximate surface area is 185 Å². The third kappa shape index (κ3) is 5.95. The lowest BCUT2D eigenvalue weighted by molar-refractivity contribution is 0.0921. The minimum atomic E-state index is -1.20. The second-order valence-corrected chi connectivity index (χ2v) is 9.00. The fourth-order valence-electron chi connectivity index (χ4n) is 2.72. The van der Waals surface area contributed by atoms with Crippen molar-refractivity contribution in [1.29, 1.82) is 0 Å². The van der Waals surface area contributed by atoms with E-state index in [-0.39, 0.29) is 24.0 Å². The van der Waals surface area contributed by atoms with Crippen LogP contribution in [-0.4, -0.2) is 17.2 Å². The maximum Gasteiger partial charge on any atom is 0.287 e. The molecule has 0 bridgehead atoms. The molecule has 1 N–H and O–H groups in total. The average Bonchev–Trinajstić information content (AvgIpc) is 3.16. The van der Waals surface area contributed by atoms with E-state index in [1.807, 2.05) is 36.4 Å². The Hall–Kier alpha value is -2.09. The fraction of sp³-hybridized carbons (Fsp3) is 0.190. The molecule has 0 aliphatic heterocycles. The van der Waals surface area contributed by atoms with E-state index in [1.165, 1.54) is 0 Å². The maximum atomic E-state index is 12.4. The van der Waals surface area contributed by atoms with Crippen molar-refractivity contribution in [2.45, 2.75) is 18.1 Å². The number of hydrogen-bond acceptors (Lipinski definition) is 4. The molecule has 1 heterocycles. The van der Waals surface area contributed by atoms with Gasteiger partial charge in [0, 0.05) is 32.4 Å². The molecule has 0 unspecified atom stereocenters. The molecule has 29 heavy (non-hydrogen) atoms. The number of carbonyl (C=O) groups excluding carboxylic acids is 1. The monoisotopic (exact) mass is 495 g/mol. The van der Waals surface area contributed by atoms with Crippen molar-refractivity contribution in [1.82, 2.24) is 5.32 Å². The molecule has 152 valence electrons. The molecule has 1 amide bonds. The van der Waals surface area contributed by atoms with Crippen LogP contribution in [0.1, 0.15) is 27.4 Å². The Morgan fingerprint density at radius 2 is 1.93 bits per heavy atom. The second kappa shape index (κ2) is 10.1. The smallest absolute Gasteiger partial charge is 0.287 e. The Morgan fingerprint density at radius 3 is 2.69 bits per heavy atom. The van der Waals surface area contributed by atoms with Crippen molar-refractivity contribution >= 4 is 44.2 Å². The summed E-state index contributed by atoms with van der Waals surface area (Å²) < 4.78 is 24.2. The van der Waals surface area contributed by atoms with E-state index < -0.39 is 10.8 Å². The van der Waals surface area contributed by atoms with Crippen LogP contribution in [0.15, 0.2) is 63.5 Å². The van der Waals surface area contributed by atoms with Gasteiger partial charge in [-0.3, -0.25) is 9.00 Å². The largest absolute Gasteiger partial charge is 0.496 e. The SMILES string of the molecule is COc1ccc(Br)cc1CNC(=O)c1ccc(C[S@](=O)Cc2ccccc2Cl)o1. The summed E-state index contributed by atoms with van der Waals surface area (Å²) in [4.78, 5) is 12.4. The Morgan fingerprint density at radius 1 is 1.14 bits per heavy atom. The summed E-state index contributed by atoms with van der Waals surface area (Å²) in [6, 6.07) is 16.1. The molecule has 1 aromatic heterocycles. The standard InChI is InChI=1S/C21H19BrClNO4S/c1-27-19-8-6-16(22)10-15(19)11-24-21(25)20-9-7-17(28-20)13-29(26)12-14-4-2-3-5-18(14)23/h2-10H,11-13H2,1H3,(H,24,25)/t29-/m1/s1. The van der Waals surface area contributed by atoms with Crippen LogP contribution in [0.4, 0.5) is 0 Å². The minimum Gasteiger partial charge on any atom is -0.496 e. The van der Waals surface area contributed by atoms with E-state index in [1.54, 1.807) is 25.3 Å². The molecule has 3 aromatic rings. The van der Waals surface area contributed by atoms with Crippen LogP contribution in [0.25, 0.3) is 0 Å². The van der Waals surface area contributed by atoms with Gasteiger partial charge >= 0.3 is 0 Å². The van der Waals surface area contributed by atoms with Gasteiger partial charge in [-0.25, -0.2) is 0 Å². The molecule has 5 nitrogen and oxygen atoms in total. The number of carbonyl (C=O) groups is 1. The van der Waals surface area contributed by atoms with Crippen molar-refractivity contribution in [2.24, 2.45) is 0 Å². The maximum absolute atomic E-state index is 12.4. The van der Waals surface area contributed by atoms with Gasteiger partial charge in [0.15, 0.2) is 5.76 Å². The first-order valence-corrected chi connectivity index (χ1v) is 11.4. The first-order chi connectivity index (χ1) is 14.0. The zero-order valence-corrected chi connectivity index (χ0v) is 18.8. The van der Waals surface area contributed by atoms with E-state index in [4.69, 9.17) is 20.8 Å². The van der Waals surface area contributed by atoms with Gasteiger partial charge in [-0.2, -0.15) is 0 Å². The highest BCUT2D eigenvalue weighted by atomic mass is 79.9. The number of methoxy groups -OCH3 is 1. The van der Waals surface area contributed by atoms with E-state index >= 15 is 0 Å². The van der Waals surface area contributed by atoms with Crippen molar-refractivity contribution in [3.63, 3.8) is 0 Å². The molecule has 0 aliphatic rings. The highest BCUT2D eigenvalue weighted by Crippen LogP contribution is 2.23. The van der Waals surface area contributed by atoms with Crippen molar-refractivity contribution in [3.05, 3.63) is 86.7 Å². The quantitative estimate of drug-likeness (QED) is 0.472. The van der Waals surface area contributed by atoms with Gasteiger partial charge in [0.1, 0.15) is 11.5 Å². The first kappa shape index (κ1) is 21.6. The number of benzene rings is 2. The predicted molar refractivity (Wildman–Crippen MR) is 118 cm³/mol. The molecule has 0 saturated heterocycles. The Bertz CT molecular complexity index is 1040. The van der Waals surface area contributed by atoms with Gasteiger partial charge < -0.3 is 14.5 Å². The second-order valence-electron chi connectivity index (χ2n) is 6.22. The molecule has 3 rings (SSSR count). The minimum absolute atomic E-state index is 0.170. The van der Waals surface area contributed by atoms with E-state index in [0.717, 1.165) is 15.6 Å². The molecule has 0 radical (unpaired) electrons. The molecule has 8 heteroatoms. The topological polar surface area (TPSA) is 68.5 Å². The van der Waals surface area contributed by atoms with Crippen LogP contribution in [0.3, 0.4) is 0 Å². The molecular weight excluding hydrogens is 478 g/mol. The summed E-state index contributed by atoms with van der Waals surface area (Å²) in [5.74, 6) is 1.52. The summed E-state index contributed by atoms with van der Waals surface area (Å²) >= 11 is 9.52. The normalized spacial score (nSPS) is 11.8. The number of furan rings is 1. The summed E-state index contributed by atoms with van der Waals surface area (Å²) in [6.07, 6.45) is 0. The molecule has 0 saturated carbocycles. The molecule has 0 spiro atoms. The summed E-state index contributed by atoms with van der Waals surface area (Å²) in [7, 11) is 0.375. The third-order valence-electron chi connectivity index (χ3n) is 4.14. The zero-order chi connectivity index (χ0) is 20.8. The molecule has 0 aliphatic carbocycles. The zero-order valence-electron chi connectivity index (χ0n) is 15.6. The van der Waals surface area contributed by atoms with Crippen molar-refractivity contribution in [3.8, 4) is 5.75 Å². The van der Waals surface area contributed by atoms with Gasteiger partial charge in [-0.1, -0.05) is 45.7 Å². The average molecular weight is 497 g/mol. The number of amides is 1. The third-order valence-corrected chi connectivity index (χ3v) is 6.25. The van der Waals surface area contributed by atoms with E-state index in [9.17, 15) is 9.00 Å². The van der Waals surface area contributed by atoms with Crippen LogP contribution in [0, 0.1) is 0 Å². The summed E-state index contributed by atoms with van der Waals surface area (Å²) in [5, 5.41) is 3.39. The molecular formula is C21H19BrClNO4S. The molecule has 0 fully saturated rings. The van der Waals surface area contributed by atoms with E-state index in [2.05, 4.69) is 21.2 Å². The van der Waals surface area contributed by atoms with Gasteiger partial charge in [-0.15, -0.1) is 0 Å². The van der Waals surface area contributed by atoms with Crippen LogP contribution in [-0.2, 0) is 28.9 Å². The lowest BCUT2D eigenvalue weighted by Gasteiger charge is -2.09. The summed E-state index contributed by atoms with van der Waals surface area (Å²) in [6.45, 7) is 0.288. The highest BCUT2D eigenvalue weighted by Gasteiger charge is 2.14. The van der Waals surface area contributed by atoms with Crippen molar-refractivity contribution in [2.75, 3.05) is 7.11 Å². The summed E-state index contributed by atoms with van der Waals surface area (Å²) in [5.41, 5.74) is 1.66. The number of rotatable bonds is 8. The molecule has 1 atom stereocenters. The highest BCUT2D eigenvalue weighted by molar-refractivity contribution is 9.10. The Balaban J connectivity index is 1.58. The first-order valence-electron chi connectivity index (χ1n) is 8.74. The lowest BCUT2D eigenvalue weighted by atomic mass is 10.2. The number of halogens is 2. The lowest BCUT2D eigenvalue weighted by Crippen LogP contribution is -2.22. The fourth-order valence-corrected chi connectivity index (χ4v) is 4.59. The Kier molecular flexibility index (Phi) is 7.52. The van der Waals surface area contributed by atoms with Gasteiger partial charge in [-0.05, 0) is 42.0 Å². The van der Waals surface area contributed by atoms with Gasteiger partial charge in [0.25, 0.3) is 5.91 Å². The van der Waals surface area contributed by atoms with E-state index in [0.29, 0.717) is 22.3 Å². The van der Waals surface area contributed by atoms with Gasteiger partial charge in [0.2, 0.25) is 0 Å². The van der Waals surface area contributed by atoms with Crippen LogP contribution in [0.2, 0.25) is 5.02 Å².